The van der Waals surface area contributed by atoms with E-state index < -0.39 is 6.10 Å². The summed E-state index contributed by atoms with van der Waals surface area (Å²) in [5, 5.41) is 11.1. The summed E-state index contributed by atoms with van der Waals surface area (Å²) in [5.41, 5.74) is 1.11. The van der Waals surface area contributed by atoms with Crippen molar-refractivity contribution in [3.05, 3.63) is 63.9 Å². The van der Waals surface area contributed by atoms with Gasteiger partial charge in [-0.05, 0) is 30.3 Å². The van der Waals surface area contributed by atoms with Gasteiger partial charge in [0.25, 0.3) is 0 Å². The van der Waals surface area contributed by atoms with E-state index in [1.54, 1.807) is 36.5 Å². The molecule has 1 atom stereocenters. The zero-order valence-corrected chi connectivity index (χ0v) is 9.78. The minimum Gasteiger partial charge on any atom is -0.382 e. The average Bonchev–Trinajstić information content (AvgIpc) is 2.32. The molecule has 1 aromatic heterocycles. The monoisotopic (exact) mass is 253 g/mol. The van der Waals surface area contributed by atoms with Crippen LogP contribution in [0.15, 0.2) is 42.6 Å². The molecular formula is C12H9Cl2NO. The first kappa shape index (κ1) is 11.4. The summed E-state index contributed by atoms with van der Waals surface area (Å²) in [4.78, 5) is 4.07. The Morgan fingerprint density at radius 2 is 1.94 bits per heavy atom. The van der Waals surface area contributed by atoms with Gasteiger partial charge in [-0.2, -0.15) is 0 Å². The van der Waals surface area contributed by atoms with Crippen LogP contribution in [0, 0.1) is 0 Å². The standard InChI is InChI=1S/C12H9Cl2NO/c13-8-4-5-10(14)9(7-8)12(16)11-3-1-2-6-15-11/h1-7,12,16H. The summed E-state index contributed by atoms with van der Waals surface area (Å²) in [6.45, 7) is 0. The number of aliphatic hydroxyl groups excluding tert-OH is 1. The number of nitrogens with zero attached hydrogens (tertiary/aromatic N) is 1. The van der Waals surface area contributed by atoms with Crippen molar-refractivity contribution >= 4 is 23.2 Å². The molecule has 0 saturated carbocycles. The molecule has 2 aromatic rings. The Balaban J connectivity index is 2.41. The first-order valence-corrected chi connectivity index (χ1v) is 5.48. The zero-order valence-electron chi connectivity index (χ0n) is 8.27. The third kappa shape index (κ3) is 2.35. The Morgan fingerprint density at radius 1 is 1.12 bits per heavy atom. The topological polar surface area (TPSA) is 33.1 Å². The van der Waals surface area contributed by atoms with Crippen LogP contribution in [-0.4, -0.2) is 10.1 Å². The lowest BCUT2D eigenvalue weighted by molar-refractivity contribution is 0.215. The summed E-state index contributed by atoms with van der Waals surface area (Å²) >= 11 is 11.9. The molecule has 1 heterocycles. The van der Waals surface area contributed by atoms with E-state index in [2.05, 4.69) is 4.98 Å². The van der Waals surface area contributed by atoms with Crippen LogP contribution in [-0.2, 0) is 0 Å². The molecule has 0 aliphatic heterocycles. The molecule has 0 saturated heterocycles. The van der Waals surface area contributed by atoms with E-state index in [0.717, 1.165) is 0 Å². The predicted molar refractivity (Wildman–Crippen MR) is 64.8 cm³/mol. The van der Waals surface area contributed by atoms with Crippen LogP contribution in [0.4, 0.5) is 0 Å². The number of aliphatic hydroxyl groups is 1. The minimum absolute atomic E-state index is 0.475. The van der Waals surface area contributed by atoms with Crippen molar-refractivity contribution in [1.82, 2.24) is 4.98 Å². The number of rotatable bonds is 2. The quantitative estimate of drug-likeness (QED) is 0.890. The molecule has 0 spiro atoms. The second kappa shape index (κ2) is 4.83. The lowest BCUT2D eigenvalue weighted by Gasteiger charge is -2.12. The molecule has 82 valence electrons. The highest BCUT2D eigenvalue weighted by molar-refractivity contribution is 6.33. The van der Waals surface area contributed by atoms with E-state index in [4.69, 9.17) is 23.2 Å². The van der Waals surface area contributed by atoms with Crippen molar-refractivity contribution < 1.29 is 5.11 Å². The Kier molecular flexibility index (Phi) is 3.44. The number of aromatic nitrogens is 1. The third-order valence-corrected chi connectivity index (χ3v) is 2.80. The first-order valence-electron chi connectivity index (χ1n) is 4.72. The van der Waals surface area contributed by atoms with Gasteiger partial charge in [0.1, 0.15) is 6.10 Å². The molecule has 1 N–H and O–H groups in total. The van der Waals surface area contributed by atoms with Gasteiger partial charge in [0.15, 0.2) is 0 Å². The Labute approximate surface area is 103 Å². The Bertz CT molecular complexity index is 488. The van der Waals surface area contributed by atoms with Crippen molar-refractivity contribution in [3.8, 4) is 0 Å². The van der Waals surface area contributed by atoms with Gasteiger partial charge in [0.2, 0.25) is 0 Å². The second-order valence-electron chi connectivity index (χ2n) is 3.32. The maximum absolute atomic E-state index is 10.1. The fourth-order valence-corrected chi connectivity index (χ4v) is 1.82. The number of hydrogen-bond acceptors (Lipinski definition) is 2. The predicted octanol–water partition coefficient (Wildman–Crippen LogP) is 3.47. The van der Waals surface area contributed by atoms with Crippen molar-refractivity contribution in [1.29, 1.82) is 0 Å². The van der Waals surface area contributed by atoms with Gasteiger partial charge in [-0.1, -0.05) is 29.3 Å². The van der Waals surface area contributed by atoms with Gasteiger partial charge in [0.05, 0.1) is 5.69 Å². The Hall–Kier alpha value is -1.09. The molecular weight excluding hydrogens is 245 g/mol. The molecule has 16 heavy (non-hydrogen) atoms. The van der Waals surface area contributed by atoms with E-state index in [1.165, 1.54) is 0 Å². The van der Waals surface area contributed by atoms with Gasteiger partial charge in [-0.15, -0.1) is 0 Å². The summed E-state index contributed by atoms with van der Waals surface area (Å²) in [6.07, 6.45) is 0.768. The van der Waals surface area contributed by atoms with Gasteiger partial charge in [0, 0.05) is 21.8 Å². The normalized spacial score (nSPS) is 12.4. The number of halogens is 2. The number of hydrogen-bond donors (Lipinski definition) is 1. The fraction of sp³-hybridized carbons (Fsp3) is 0.0833. The largest absolute Gasteiger partial charge is 0.382 e. The molecule has 2 nitrogen and oxygen atoms in total. The van der Waals surface area contributed by atoms with Gasteiger partial charge < -0.3 is 5.11 Å². The number of benzene rings is 1. The maximum Gasteiger partial charge on any atom is 0.122 e. The Morgan fingerprint density at radius 3 is 2.62 bits per heavy atom. The van der Waals surface area contributed by atoms with Gasteiger partial charge in [-0.3, -0.25) is 4.98 Å². The summed E-state index contributed by atoms with van der Waals surface area (Å²) in [6, 6.07) is 10.3. The SMILES string of the molecule is OC(c1ccccn1)c1cc(Cl)ccc1Cl. The zero-order chi connectivity index (χ0) is 11.5. The average molecular weight is 254 g/mol. The molecule has 0 fully saturated rings. The highest BCUT2D eigenvalue weighted by Crippen LogP contribution is 2.29. The third-order valence-electron chi connectivity index (χ3n) is 2.22. The van der Waals surface area contributed by atoms with Gasteiger partial charge in [-0.25, -0.2) is 0 Å². The maximum atomic E-state index is 10.1. The fourth-order valence-electron chi connectivity index (χ4n) is 1.42. The summed E-state index contributed by atoms with van der Waals surface area (Å²) in [5.74, 6) is 0. The van der Waals surface area contributed by atoms with Crippen LogP contribution in [0.1, 0.15) is 17.4 Å². The molecule has 1 aromatic carbocycles. The van der Waals surface area contributed by atoms with Crippen molar-refractivity contribution in [2.24, 2.45) is 0 Å². The van der Waals surface area contributed by atoms with E-state index in [1.807, 2.05) is 6.07 Å². The van der Waals surface area contributed by atoms with Crippen molar-refractivity contribution in [2.45, 2.75) is 6.10 Å². The lowest BCUT2D eigenvalue weighted by Crippen LogP contribution is -2.02. The van der Waals surface area contributed by atoms with Crippen LogP contribution < -0.4 is 0 Å². The van der Waals surface area contributed by atoms with E-state index in [9.17, 15) is 5.11 Å². The molecule has 2 rings (SSSR count). The molecule has 0 radical (unpaired) electrons. The summed E-state index contributed by atoms with van der Waals surface area (Å²) < 4.78 is 0. The second-order valence-corrected chi connectivity index (χ2v) is 4.17. The van der Waals surface area contributed by atoms with E-state index in [0.29, 0.717) is 21.3 Å². The van der Waals surface area contributed by atoms with Crippen LogP contribution in [0.5, 0.6) is 0 Å². The van der Waals surface area contributed by atoms with Crippen LogP contribution in [0.2, 0.25) is 10.0 Å². The van der Waals surface area contributed by atoms with Crippen molar-refractivity contribution in [2.75, 3.05) is 0 Å². The minimum atomic E-state index is -0.854. The molecule has 1 unspecified atom stereocenters. The van der Waals surface area contributed by atoms with Crippen LogP contribution in [0.25, 0.3) is 0 Å². The smallest absolute Gasteiger partial charge is 0.122 e. The molecule has 0 amide bonds. The first-order chi connectivity index (χ1) is 7.68. The molecule has 0 bridgehead atoms. The van der Waals surface area contributed by atoms with E-state index in [-0.39, 0.29) is 0 Å². The highest BCUT2D eigenvalue weighted by Gasteiger charge is 2.15. The molecule has 0 aliphatic rings. The number of pyridine rings is 1. The van der Waals surface area contributed by atoms with Crippen molar-refractivity contribution in [3.63, 3.8) is 0 Å². The van der Waals surface area contributed by atoms with Crippen LogP contribution >= 0.6 is 23.2 Å². The van der Waals surface area contributed by atoms with Crippen LogP contribution in [0.3, 0.4) is 0 Å². The summed E-state index contributed by atoms with van der Waals surface area (Å²) in [7, 11) is 0. The molecule has 0 aliphatic carbocycles. The highest BCUT2D eigenvalue weighted by atomic mass is 35.5. The molecule has 4 heteroatoms. The van der Waals surface area contributed by atoms with Gasteiger partial charge >= 0.3 is 0 Å². The van der Waals surface area contributed by atoms with E-state index >= 15 is 0 Å². The lowest BCUT2D eigenvalue weighted by atomic mass is 10.1.